The molecule has 2 aliphatic carbocycles. The maximum Gasteiger partial charge on any atom is 0.171 e. The molecule has 1 heterocycles. The van der Waals surface area contributed by atoms with E-state index in [1.54, 1.807) is 18.2 Å². The van der Waals surface area contributed by atoms with E-state index in [0.29, 0.717) is 5.31 Å². The van der Waals surface area contributed by atoms with Crippen LogP contribution in [0.25, 0.3) is 38.6 Å². The van der Waals surface area contributed by atoms with E-state index in [0.717, 1.165) is 43.7 Å². The summed E-state index contributed by atoms with van der Waals surface area (Å²) in [6.45, 7) is 14.1. The van der Waals surface area contributed by atoms with Crippen LogP contribution in [0.5, 0.6) is 0 Å². The van der Waals surface area contributed by atoms with Gasteiger partial charge in [-0.2, -0.15) is 0 Å². The van der Waals surface area contributed by atoms with Crippen molar-refractivity contribution in [1.29, 1.82) is 0 Å². The van der Waals surface area contributed by atoms with Gasteiger partial charge in [0.1, 0.15) is 11.2 Å². The Balaban J connectivity index is 1.45. The highest BCUT2D eigenvalue weighted by Crippen LogP contribution is 2.65. The Hall–Kier alpha value is -5.43. The van der Waals surface area contributed by atoms with Crippen molar-refractivity contribution in [2.75, 3.05) is 0 Å². The van der Waals surface area contributed by atoms with Gasteiger partial charge in [0, 0.05) is 32.3 Å². The first-order valence-corrected chi connectivity index (χ1v) is 17.6. The van der Waals surface area contributed by atoms with Crippen LogP contribution in [0, 0.1) is 0 Å². The molecule has 2 aliphatic rings. The summed E-state index contributed by atoms with van der Waals surface area (Å²) in [6.07, 6.45) is 11.4. The molecule has 0 radical (unpaired) electrons. The number of rotatable bonds is 6. The average molecular weight is 625 g/mol. The van der Waals surface area contributed by atoms with E-state index in [9.17, 15) is 0 Å². The van der Waals surface area contributed by atoms with Crippen LogP contribution in [0.2, 0.25) is 0 Å². The van der Waals surface area contributed by atoms with E-state index in [1.165, 1.54) is 33.4 Å². The van der Waals surface area contributed by atoms with E-state index in [4.69, 9.17) is 4.42 Å². The summed E-state index contributed by atoms with van der Waals surface area (Å²) in [4.78, 5) is 0. The number of hydrogen-bond donors (Lipinski definition) is 0. The molecular formula is C44H33O2P. The maximum atomic E-state index is 15.2. The zero-order valence-corrected chi connectivity index (χ0v) is 27.1. The van der Waals surface area contributed by atoms with E-state index in [1.807, 2.05) is 54.6 Å². The van der Waals surface area contributed by atoms with Gasteiger partial charge in [-0.05, 0) is 64.1 Å². The molecule has 0 bridgehead atoms. The van der Waals surface area contributed by atoms with Gasteiger partial charge in [-0.3, -0.25) is 0 Å². The summed E-state index contributed by atoms with van der Waals surface area (Å²) in [5.74, 6) is 0. The Morgan fingerprint density at radius 2 is 1.43 bits per heavy atom. The van der Waals surface area contributed by atoms with E-state index < -0.39 is 12.6 Å². The van der Waals surface area contributed by atoms with Crippen molar-refractivity contribution in [1.82, 2.24) is 0 Å². The fourth-order valence-electron chi connectivity index (χ4n) is 8.05. The first-order valence-electron chi connectivity index (χ1n) is 15.8. The molecule has 2 unspecified atom stereocenters. The fraction of sp³-hybridized carbons (Fsp3) is 0.0455. The molecule has 0 fully saturated rings. The third-order valence-corrected chi connectivity index (χ3v) is 13.0. The van der Waals surface area contributed by atoms with Gasteiger partial charge < -0.3 is 8.98 Å². The number of furan rings is 1. The SMILES string of the molecule is C=C/C=C1\C(=C/C)c2ccccc2C12c1ccccc1-c1c2ccc2c1oc1ccc(P(=O)(/C(C=C)=C/C=C)c3ccccc3)cc12. The average Bonchev–Trinajstić information content (AvgIpc) is 3.74. The summed E-state index contributed by atoms with van der Waals surface area (Å²) in [5.41, 5.74) is 10.7. The molecule has 1 spiro atoms. The number of benzene rings is 5. The molecule has 6 aromatic rings. The number of hydrogen-bond acceptors (Lipinski definition) is 2. The lowest BCUT2D eigenvalue weighted by atomic mass is 9.70. The molecule has 0 N–H and O–H groups in total. The summed E-state index contributed by atoms with van der Waals surface area (Å²) in [5, 5.41) is 4.04. The molecule has 0 amide bonds. The minimum absolute atomic E-state index is 0.506. The molecular weight excluding hydrogens is 591 g/mol. The number of allylic oxidation sites excluding steroid dienone is 9. The minimum atomic E-state index is -3.26. The molecule has 47 heavy (non-hydrogen) atoms. The van der Waals surface area contributed by atoms with Crippen molar-refractivity contribution in [2.24, 2.45) is 0 Å². The standard InChI is InChI=1S/C44H33O2P/c1-5-16-29(7-3)47(45,30-18-10-9-11-19-30)31-24-27-41-36(28-31)34-25-26-40-42(43(34)46-41)35-21-13-15-23-39(35)44(40)37(17-6-2)32(8-4)33-20-12-14-22-38(33)44/h5-28H,1-3H2,4H3/b29-16+,32-8-,37-17+. The van der Waals surface area contributed by atoms with Crippen molar-refractivity contribution in [3.63, 3.8) is 0 Å². The van der Waals surface area contributed by atoms with Gasteiger partial charge in [-0.25, -0.2) is 0 Å². The molecule has 2 nitrogen and oxygen atoms in total. The predicted octanol–water partition coefficient (Wildman–Crippen LogP) is 11.0. The monoisotopic (exact) mass is 624 g/mol. The topological polar surface area (TPSA) is 30.2 Å². The van der Waals surface area contributed by atoms with Crippen LogP contribution < -0.4 is 10.6 Å². The Morgan fingerprint density at radius 1 is 0.723 bits per heavy atom. The Bertz CT molecular complexity index is 2450. The summed E-state index contributed by atoms with van der Waals surface area (Å²) in [6, 6.07) is 37.5. The second-order valence-corrected chi connectivity index (χ2v) is 14.8. The largest absolute Gasteiger partial charge is 0.455 e. The van der Waals surface area contributed by atoms with Gasteiger partial charge in [-0.15, -0.1) is 0 Å². The Labute approximate surface area is 275 Å². The van der Waals surface area contributed by atoms with Crippen LogP contribution in [0.15, 0.2) is 181 Å². The van der Waals surface area contributed by atoms with Gasteiger partial charge in [0.05, 0.1) is 5.41 Å². The summed E-state index contributed by atoms with van der Waals surface area (Å²) in [7, 11) is -3.26. The van der Waals surface area contributed by atoms with E-state index in [-0.39, 0.29) is 0 Å². The molecule has 0 aliphatic heterocycles. The maximum absolute atomic E-state index is 15.2. The van der Waals surface area contributed by atoms with Gasteiger partial charge in [0.15, 0.2) is 7.14 Å². The van der Waals surface area contributed by atoms with E-state index >= 15 is 4.57 Å². The highest BCUT2D eigenvalue weighted by atomic mass is 31.2. The van der Waals surface area contributed by atoms with Gasteiger partial charge >= 0.3 is 0 Å². The van der Waals surface area contributed by atoms with Crippen molar-refractivity contribution >= 4 is 45.3 Å². The molecule has 0 saturated carbocycles. The first kappa shape index (κ1) is 29.0. The molecule has 2 atom stereocenters. The lowest BCUT2D eigenvalue weighted by molar-refractivity contribution is 0.591. The van der Waals surface area contributed by atoms with Crippen LogP contribution in [0.1, 0.15) is 29.2 Å². The van der Waals surface area contributed by atoms with Gasteiger partial charge in [-0.1, -0.05) is 147 Å². The van der Waals surface area contributed by atoms with Crippen LogP contribution >= 0.6 is 7.14 Å². The summed E-state index contributed by atoms with van der Waals surface area (Å²) < 4.78 is 22.0. The predicted molar refractivity (Wildman–Crippen MR) is 199 cm³/mol. The Kier molecular flexibility index (Phi) is 6.69. The van der Waals surface area contributed by atoms with Gasteiger partial charge in [0.25, 0.3) is 0 Å². The zero-order valence-electron chi connectivity index (χ0n) is 26.2. The van der Waals surface area contributed by atoms with Crippen molar-refractivity contribution in [3.05, 3.63) is 199 Å². The third-order valence-electron chi connectivity index (χ3n) is 9.86. The lowest BCUT2D eigenvalue weighted by Gasteiger charge is -2.30. The molecule has 8 rings (SSSR count). The number of fused-ring (bicyclic) bond motifs is 11. The van der Waals surface area contributed by atoms with Crippen molar-refractivity contribution in [3.8, 4) is 11.1 Å². The first-order chi connectivity index (χ1) is 23.0. The zero-order chi connectivity index (χ0) is 32.3. The van der Waals surface area contributed by atoms with Crippen molar-refractivity contribution < 1.29 is 8.98 Å². The summed E-state index contributed by atoms with van der Waals surface area (Å²) >= 11 is 0. The second-order valence-electron chi connectivity index (χ2n) is 12.0. The van der Waals surface area contributed by atoms with Crippen molar-refractivity contribution in [2.45, 2.75) is 12.3 Å². The van der Waals surface area contributed by atoms with Crippen LogP contribution in [-0.4, -0.2) is 0 Å². The fourth-order valence-corrected chi connectivity index (χ4v) is 10.7. The highest BCUT2D eigenvalue weighted by molar-refractivity contribution is 7.82. The van der Waals surface area contributed by atoms with Crippen LogP contribution in [0.4, 0.5) is 0 Å². The van der Waals surface area contributed by atoms with E-state index in [2.05, 4.69) is 99.5 Å². The molecule has 1 aromatic heterocycles. The van der Waals surface area contributed by atoms with Crippen LogP contribution in [-0.2, 0) is 9.98 Å². The second kappa shape index (κ2) is 10.8. The van der Waals surface area contributed by atoms with Gasteiger partial charge in [0.2, 0.25) is 0 Å². The third kappa shape index (κ3) is 3.77. The quantitative estimate of drug-likeness (QED) is 0.136. The Morgan fingerprint density at radius 3 is 2.13 bits per heavy atom. The van der Waals surface area contributed by atoms with Crippen LogP contribution in [0.3, 0.4) is 0 Å². The lowest BCUT2D eigenvalue weighted by Crippen LogP contribution is -2.25. The normalized spacial score (nSPS) is 19.6. The molecule has 226 valence electrons. The highest BCUT2D eigenvalue weighted by Gasteiger charge is 2.53. The molecule has 3 heteroatoms. The minimum Gasteiger partial charge on any atom is -0.455 e. The molecule has 0 saturated heterocycles. The smallest absolute Gasteiger partial charge is 0.171 e. The molecule has 5 aromatic carbocycles.